The number of benzene rings is 1. The van der Waals surface area contributed by atoms with Gasteiger partial charge in [-0.05, 0) is 36.2 Å². The number of aromatic nitrogens is 2. The van der Waals surface area contributed by atoms with Gasteiger partial charge in [0, 0.05) is 0 Å². The first kappa shape index (κ1) is 12.8. The van der Waals surface area contributed by atoms with Crippen molar-refractivity contribution in [1.29, 1.82) is 0 Å². The van der Waals surface area contributed by atoms with Gasteiger partial charge < -0.3 is 10.1 Å². The highest BCUT2D eigenvalue weighted by molar-refractivity contribution is 7.17. The molecule has 2 rings (SSSR count). The van der Waals surface area contributed by atoms with Crippen LogP contribution in [0, 0.1) is 6.92 Å². The van der Waals surface area contributed by atoms with E-state index in [2.05, 4.69) is 15.5 Å². The lowest BCUT2D eigenvalue weighted by Crippen LogP contribution is -2.12. The number of methoxy groups -OCH3 is 1. The van der Waals surface area contributed by atoms with Crippen LogP contribution in [0.2, 0.25) is 4.47 Å². The molecule has 0 atom stereocenters. The zero-order valence-corrected chi connectivity index (χ0v) is 11.3. The molecule has 94 valence electrons. The first-order chi connectivity index (χ1) is 8.60. The number of nitrogens with one attached hydrogen (secondary N) is 1. The summed E-state index contributed by atoms with van der Waals surface area (Å²) >= 11 is 6.65. The highest BCUT2D eigenvalue weighted by Gasteiger charge is 2.14. The molecule has 1 heterocycles. The van der Waals surface area contributed by atoms with Crippen molar-refractivity contribution in [3.63, 3.8) is 0 Å². The second kappa shape index (κ2) is 5.32. The maximum atomic E-state index is 11.9. The van der Waals surface area contributed by atoms with E-state index in [9.17, 15) is 4.79 Å². The summed E-state index contributed by atoms with van der Waals surface area (Å²) in [5.41, 5.74) is 1.61. The number of hydrogen-bond acceptors (Lipinski definition) is 5. The summed E-state index contributed by atoms with van der Waals surface area (Å²) in [4.78, 5) is 11.9. The SMILES string of the molecule is COc1ccc(C)cc1NC(=O)c1nnc(Cl)s1. The molecule has 18 heavy (non-hydrogen) atoms. The number of rotatable bonds is 3. The van der Waals surface area contributed by atoms with Crippen molar-refractivity contribution in [2.75, 3.05) is 12.4 Å². The van der Waals surface area contributed by atoms with Crippen LogP contribution < -0.4 is 10.1 Å². The van der Waals surface area contributed by atoms with E-state index < -0.39 is 0 Å². The second-order valence-electron chi connectivity index (χ2n) is 3.52. The van der Waals surface area contributed by atoms with Gasteiger partial charge in [0.1, 0.15) is 5.75 Å². The summed E-state index contributed by atoms with van der Waals surface area (Å²) < 4.78 is 5.40. The predicted octanol–water partition coefficient (Wildman–Crippen LogP) is 2.76. The molecule has 0 aliphatic carbocycles. The summed E-state index contributed by atoms with van der Waals surface area (Å²) in [6, 6.07) is 5.51. The third kappa shape index (κ3) is 2.77. The molecular weight excluding hydrogens is 274 g/mol. The molecule has 5 nitrogen and oxygen atoms in total. The molecule has 7 heteroatoms. The van der Waals surface area contributed by atoms with Gasteiger partial charge in [-0.3, -0.25) is 4.79 Å². The summed E-state index contributed by atoms with van der Waals surface area (Å²) in [6.45, 7) is 1.93. The van der Waals surface area contributed by atoms with Gasteiger partial charge in [0.25, 0.3) is 5.91 Å². The summed E-state index contributed by atoms with van der Waals surface area (Å²) in [5.74, 6) is 0.230. The minimum atomic E-state index is -0.358. The minimum Gasteiger partial charge on any atom is -0.495 e. The Bertz CT molecular complexity index is 585. The Morgan fingerprint density at radius 1 is 1.44 bits per heavy atom. The molecule has 2 aromatic rings. The second-order valence-corrected chi connectivity index (χ2v) is 5.08. The van der Waals surface area contributed by atoms with E-state index in [0.29, 0.717) is 11.4 Å². The van der Waals surface area contributed by atoms with Gasteiger partial charge in [-0.25, -0.2) is 0 Å². The van der Waals surface area contributed by atoms with E-state index in [1.165, 1.54) is 0 Å². The molecule has 0 unspecified atom stereocenters. The Labute approximate surface area is 113 Å². The molecule has 0 fully saturated rings. The van der Waals surface area contributed by atoms with Crippen molar-refractivity contribution in [2.45, 2.75) is 6.92 Å². The Morgan fingerprint density at radius 2 is 2.22 bits per heavy atom. The Kier molecular flexibility index (Phi) is 3.78. The fourth-order valence-corrected chi connectivity index (χ4v) is 2.12. The van der Waals surface area contributed by atoms with Crippen molar-refractivity contribution in [1.82, 2.24) is 10.2 Å². The summed E-state index contributed by atoms with van der Waals surface area (Å²) in [6.07, 6.45) is 0. The lowest BCUT2D eigenvalue weighted by molar-refractivity contribution is 0.102. The first-order valence-corrected chi connectivity index (χ1v) is 6.24. The molecule has 0 bridgehead atoms. The van der Waals surface area contributed by atoms with Crippen LogP contribution in [0.25, 0.3) is 0 Å². The minimum absolute atomic E-state index is 0.212. The smallest absolute Gasteiger partial charge is 0.286 e. The van der Waals surface area contributed by atoms with E-state index >= 15 is 0 Å². The van der Waals surface area contributed by atoms with Crippen LogP contribution in [0.5, 0.6) is 5.75 Å². The molecule has 0 saturated carbocycles. The van der Waals surface area contributed by atoms with Gasteiger partial charge >= 0.3 is 0 Å². The fraction of sp³-hybridized carbons (Fsp3) is 0.182. The van der Waals surface area contributed by atoms with Crippen LogP contribution >= 0.6 is 22.9 Å². The van der Waals surface area contributed by atoms with Gasteiger partial charge in [0.15, 0.2) is 0 Å². The number of hydrogen-bond donors (Lipinski definition) is 1. The average molecular weight is 284 g/mol. The molecule has 0 aliphatic rings. The maximum absolute atomic E-state index is 11.9. The van der Waals surface area contributed by atoms with Gasteiger partial charge in [-0.1, -0.05) is 17.4 Å². The van der Waals surface area contributed by atoms with Crippen LogP contribution in [0.4, 0.5) is 5.69 Å². The fourth-order valence-electron chi connectivity index (χ4n) is 1.39. The largest absolute Gasteiger partial charge is 0.495 e. The van der Waals surface area contributed by atoms with Crippen LogP contribution in [0.1, 0.15) is 15.4 Å². The van der Waals surface area contributed by atoms with Crippen molar-refractivity contribution in [3.05, 3.63) is 33.2 Å². The quantitative estimate of drug-likeness (QED) is 0.941. The number of carbonyl (C=O) groups excluding carboxylic acids is 1. The number of amides is 1. The summed E-state index contributed by atoms with van der Waals surface area (Å²) in [5, 5.41) is 10.2. The molecule has 1 amide bonds. The first-order valence-electron chi connectivity index (χ1n) is 5.05. The van der Waals surface area contributed by atoms with Crippen LogP contribution in [-0.4, -0.2) is 23.2 Å². The van der Waals surface area contributed by atoms with Crippen molar-refractivity contribution in [3.8, 4) is 5.75 Å². The Hall–Kier alpha value is -1.66. The van der Waals surface area contributed by atoms with E-state index in [-0.39, 0.29) is 15.4 Å². The van der Waals surface area contributed by atoms with Gasteiger partial charge in [-0.15, -0.1) is 10.2 Å². The van der Waals surface area contributed by atoms with Crippen molar-refractivity contribution >= 4 is 34.5 Å². The van der Waals surface area contributed by atoms with E-state index in [1.54, 1.807) is 13.2 Å². The maximum Gasteiger partial charge on any atom is 0.286 e. The van der Waals surface area contributed by atoms with Crippen LogP contribution in [0.15, 0.2) is 18.2 Å². The number of carbonyl (C=O) groups is 1. The van der Waals surface area contributed by atoms with Crippen LogP contribution in [-0.2, 0) is 0 Å². The van der Waals surface area contributed by atoms with Gasteiger partial charge in [-0.2, -0.15) is 0 Å². The number of ether oxygens (including phenoxy) is 1. The Morgan fingerprint density at radius 3 is 2.83 bits per heavy atom. The molecule has 0 spiro atoms. The number of anilines is 1. The van der Waals surface area contributed by atoms with E-state index in [4.69, 9.17) is 16.3 Å². The third-order valence-corrected chi connectivity index (χ3v) is 3.22. The van der Waals surface area contributed by atoms with Crippen molar-refractivity contribution < 1.29 is 9.53 Å². The highest BCUT2D eigenvalue weighted by Crippen LogP contribution is 2.26. The lowest BCUT2D eigenvalue weighted by atomic mass is 10.2. The number of nitrogens with zero attached hydrogens (tertiary/aromatic N) is 2. The van der Waals surface area contributed by atoms with Gasteiger partial charge in [0.05, 0.1) is 12.8 Å². The standard InChI is InChI=1S/C11H10ClN3O2S/c1-6-3-4-8(17-2)7(5-6)13-9(16)10-14-15-11(12)18-10/h3-5H,1-2H3,(H,13,16). The topological polar surface area (TPSA) is 64.1 Å². The van der Waals surface area contributed by atoms with Gasteiger partial charge in [0.2, 0.25) is 9.47 Å². The lowest BCUT2D eigenvalue weighted by Gasteiger charge is -2.09. The summed E-state index contributed by atoms with van der Waals surface area (Å²) in [7, 11) is 1.54. The zero-order valence-electron chi connectivity index (χ0n) is 9.73. The number of halogens is 1. The average Bonchev–Trinajstić information content (AvgIpc) is 2.76. The molecule has 1 aromatic carbocycles. The third-order valence-electron chi connectivity index (χ3n) is 2.20. The predicted molar refractivity (Wildman–Crippen MR) is 70.6 cm³/mol. The Balaban J connectivity index is 2.23. The number of aryl methyl sites for hydroxylation is 1. The molecule has 1 N–H and O–H groups in total. The molecular formula is C11H10ClN3O2S. The van der Waals surface area contributed by atoms with E-state index in [1.807, 2.05) is 19.1 Å². The molecule has 0 aliphatic heterocycles. The van der Waals surface area contributed by atoms with Crippen molar-refractivity contribution in [2.24, 2.45) is 0 Å². The monoisotopic (exact) mass is 283 g/mol. The molecule has 0 radical (unpaired) electrons. The normalized spacial score (nSPS) is 10.2. The van der Waals surface area contributed by atoms with Crippen LogP contribution in [0.3, 0.4) is 0 Å². The zero-order chi connectivity index (χ0) is 13.1. The highest BCUT2D eigenvalue weighted by atomic mass is 35.5. The molecule has 0 saturated heterocycles. The van der Waals surface area contributed by atoms with E-state index in [0.717, 1.165) is 16.9 Å². The molecule has 1 aromatic heterocycles.